The Morgan fingerprint density at radius 1 is 0.464 bits per heavy atom. The fourth-order valence-electron chi connectivity index (χ4n) is 2.86. The summed E-state index contributed by atoms with van der Waals surface area (Å²) in [6.07, 6.45) is 13.8. The van der Waals surface area contributed by atoms with Crippen molar-refractivity contribution in [3.05, 3.63) is 0 Å². The molecule has 0 aromatic heterocycles. The van der Waals surface area contributed by atoms with Gasteiger partial charge in [0, 0.05) is 12.8 Å². The summed E-state index contributed by atoms with van der Waals surface area (Å²) in [4.78, 5) is 43.3. The molecule has 0 aliphatic heterocycles. The van der Waals surface area contributed by atoms with Crippen LogP contribution in [0.3, 0.4) is 0 Å². The molecule has 162 valence electrons. The molecule has 0 atom stereocenters. The number of nitrogens with one attached hydrogen (secondary N) is 2. The van der Waals surface area contributed by atoms with Gasteiger partial charge in [0.2, 0.25) is 11.8 Å². The maximum Gasteiger partial charge on any atom is 0.322 e. The van der Waals surface area contributed by atoms with E-state index in [1.807, 2.05) is 0 Å². The van der Waals surface area contributed by atoms with Crippen molar-refractivity contribution < 1.29 is 29.4 Å². The molecule has 0 bridgehead atoms. The van der Waals surface area contributed by atoms with Crippen molar-refractivity contribution in [2.24, 2.45) is 0 Å². The van der Waals surface area contributed by atoms with Gasteiger partial charge in [-0.05, 0) is 12.8 Å². The van der Waals surface area contributed by atoms with Crippen LogP contribution in [0.15, 0.2) is 0 Å². The van der Waals surface area contributed by atoms with Gasteiger partial charge in [0.1, 0.15) is 13.1 Å². The largest absolute Gasteiger partial charge is 0.480 e. The van der Waals surface area contributed by atoms with Gasteiger partial charge in [-0.15, -0.1) is 0 Å². The average molecular weight is 401 g/mol. The van der Waals surface area contributed by atoms with Crippen LogP contribution in [0.5, 0.6) is 0 Å². The SMILES string of the molecule is O=C(O)CNC(=O)CCCCCCCCCCCCCCC(=O)NCC(=O)O. The van der Waals surface area contributed by atoms with Crippen molar-refractivity contribution in [1.29, 1.82) is 0 Å². The highest BCUT2D eigenvalue weighted by atomic mass is 16.4. The zero-order chi connectivity index (χ0) is 21.0. The molecule has 0 aliphatic rings. The Bertz CT molecular complexity index is 426. The van der Waals surface area contributed by atoms with Gasteiger partial charge >= 0.3 is 11.9 Å². The van der Waals surface area contributed by atoms with Crippen LogP contribution in [-0.2, 0) is 19.2 Å². The van der Waals surface area contributed by atoms with Crippen molar-refractivity contribution in [1.82, 2.24) is 10.6 Å². The highest BCUT2D eigenvalue weighted by Crippen LogP contribution is 2.13. The Morgan fingerprint density at radius 3 is 0.964 bits per heavy atom. The van der Waals surface area contributed by atoms with E-state index in [0.29, 0.717) is 12.8 Å². The first kappa shape index (κ1) is 25.9. The standard InChI is InChI=1S/C20H36N2O6/c23-17(21-15-19(25)26)13-11-9-7-5-3-1-2-4-6-8-10-12-14-18(24)22-16-20(27)28/h1-16H2,(H,21,23)(H,22,24)(H,25,26)(H,27,28). The van der Waals surface area contributed by atoms with Crippen LogP contribution in [0.1, 0.15) is 89.9 Å². The number of amides is 2. The number of carbonyl (C=O) groups excluding carboxylic acids is 2. The lowest BCUT2D eigenvalue weighted by molar-refractivity contribution is -0.138. The van der Waals surface area contributed by atoms with Crippen LogP contribution >= 0.6 is 0 Å². The molecule has 0 saturated heterocycles. The third-order valence-electron chi connectivity index (χ3n) is 4.43. The summed E-state index contributed by atoms with van der Waals surface area (Å²) in [7, 11) is 0. The monoisotopic (exact) mass is 400 g/mol. The number of aliphatic carboxylic acids is 2. The van der Waals surface area contributed by atoms with Gasteiger partial charge in [-0.25, -0.2) is 0 Å². The molecule has 8 nitrogen and oxygen atoms in total. The molecule has 0 heterocycles. The zero-order valence-corrected chi connectivity index (χ0v) is 16.8. The minimum absolute atomic E-state index is 0.191. The van der Waals surface area contributed by atoms with Gasteiger partial charge in [-0.1, -0.05) is 64.2 Å². The van der Waals surface area contributed by atoms with E-state index in [1.54, 1.807) is 0 Å². The lowest BCUT2D eigenvalue weighted by atomic mass is 10.0. The molecular weight excluding hydrogens is 364 g/mol. The predicted octanol–water partition coefficient (Wildman–Crippen LogP) is 2.85. The number of carboxylic acids is 2. The van der Waals surface area contributed by atoms with E-state index in [4.69, 9.17) is 10.2 Å². The lowest BCUT2D eigenvalue weighted by Crippen LogP contribution is -2.28. The second-order valence-electron chi connectivity index (χ2n) is 7.08. The van der Waals surface area contributed by atoms with E-state index in [-0.39, 0.29) is 24.9 Å². The van der Waals surface area contributed by atoms with E-state index in [0.717, 1.165) is 38.5 Å². The highest BCUT2D eigenvalue weighted by Gasteiger charge is 2.04. The van der Waals surface area contributed by atoms with Crippen LogP contribution in [0, 0.1) is 0 Å². The molecule has 0 aromatic carbocycles. The number of carboxylic acid groups (broad SMARTS) is 2. The molecule has 0 saturated carbocycles. The van der Waals surface area contributed by atoms with E-state index >= 15 is 0 Å². The van der Waals surface area contributed by atoms with Gasteiger partial charge in [-0.3, -0.25) is 19.2 Å². The molecule has 0 radical (unpaired) electrons. The topological polar surface area (TPSA) is 133 Å². The van der Waals surface area contributed by atoms with E-state index in [1.165, 1.54) is 38.5 Å². The van der Waals surface area contributed by atoms with Crippen molar-refractivity contribution in [2.45, 2.75) is 89.9 Å². The summed E-state index contributed by atoms with van der Waals surface area (Å²) in [5.74, 6) is -2.42. The van der Waals surface area contributed by atoms with Gasteiger partial charge < -0.3 is 20.8 Å². The molecule has 2 amide bonds. The molecule has 0 rings (SSSR count). The minimum Gasteiger partial charge on any atom is -0.480 e. The fraction of sp³-hybridized carbons (Fsp3) is 0.800. The number of rotatable bonds is 19. The molecule has 0 aliphatic carbocycles. The first-order chi connectivity index (χ1) is 13.4. The predicted molar refractivity (Wildman–Crippen MR) is 106 cm³/mol. The van der Waals surface area contributed by atoms with E-state index < -0.39 is 11.9 Å². The number of carbonyl (C=O) groups is 4. The second-order valence-corrected chi connectivity index (χ2v) is 7.08. The van der Waals surface area contributed by atoms with Gasteiger partial charge in [0.25, 0.3) is 0 Å². The van der Waals surface area contributed by atoms with Crippen LogP contribution < -0.4 is 10.6 Å². The number of hydrogen-bond donors (Lipinski definition) is 4. The highest BCUT2D eigenvalue weighted by molar-refractivity contribution is 5.81. The number of unbranched alkanes of at least 4 members (excludes halogenated alkanes) is 11. The first-order valence-electron chi connectivity index (χ1n) is 10.4. The summed E-state index contributed by atoms with van der Waals surface area (Å²) in [6.45, 7) is -0.609. The quantitative estimate of drug-likeness (QED) is 0.246. The second kappa shape index (κ2) is 18.3. The molecule has 28 heavy (non-hydrogen) atoms. The fourth-order valence-corrected chi connectivity index (χ4v) is 2.86. The molecule has 0 aromatic rings. The van der Waals surface area contributed by atoms with Crippen molar-refractivity contribution in [3.63, 3.8) is 0 Å². The van der Waals surface area contributed by atoms with Crippen LogP contribution in [0.2, 0.25) is 0 Å². The zero-order valence-electron chi connectivity index (χ0n) is 16.8. The summed E-state index contributed by atoms with van der Waals surface area (Å²) < 4.78 is 0. The van der Waals surface area contributed by atoms with Gasteiger partial charge in [0.05, 0.1) is 0 Å². The molecule has 0 spiro atoms. The number of hydrogen-bond acceptors (Lipinski definition) is 4. The Kier molecular flexibility index (Phi) is 16.9. The maximum atomic E-state index is 11.3. The van der Waals surface area contributed by atoms with Gasteiger partial charge in [0.15, 0.2) is 0 Å². The Labute approximate surface area is 167 Å². The summed E-state index contributed by atoms with van der Waals surface area (Å²) in [5, 5.41) is 21.6. The van der Waals surface area contributed by atoms with Crippen LogP contribution in [-0.4, -0.2) is 47.1 Å². The van der Waals surface area contributed by atoms with E-state index in [2.05, 4.69) is 10.6 Å². The smallest absolute Gasteiger partial charge is 0.322 e. The van der Waals surface area contributed by atoms with Crippen molar-refractivity contribution >= 4 is 23.8 Å². The Morgan fingerprint density at radius 2 is 0.714 bits per heavy atom. The molecule has 4 N–H and O–H groups in total. The summed E-state index contributed by atoms with van der Waals surface area (Å²) in [6, 6.07) is 0. The normalized spacial score (nSPS) is 10.4. The molecule has 0 fully saturated rings. The average Bonchev–Trinajstić information content (AvgIpc) is 2.64. The van der Waals surface area contributed by atoms with Gasteiger partial charge in [-0.2, -0.15) is 0 Å². The Hall–Kier alpha value is -2.12. The minimum atomic E-state index is -1.02. The maximum absolute atomic E-state index is 11.3. The van der Waals surface area contributed by atoms with Crippen LogP contribution in [0.25, 0.3) is 0 Å². The van der Waals surface area contributed by atoms with Crippen molar-refractivity contribution in [2.75, 3.05) is 13.1 Å². The van der Waals surface area contributed by atoms with E-state index in [9.17, 15) is 19.2 Å². The molecule has 0 unspecified atom stereocenters. The molecule has 8 heteroatoms. The lowest BCUT2D eigenvalue weighted by Gasteiger charge is -2.04. The third-order valence-corrected chi connectivity index (χ3v) is 4.43. The summed E-state index contributed by atoms with van der Waals surface area (Å²) >= 11 is 0. The summed E-state index contributed by atoms with van der Waals surface area (Å²) in [5.41, 5.74) is 0. The molecular formula is C20H36N2O6. The van der Waals surface area contributed by atoms with Crippen molar-refractivity contribution in [3.8, 4) is 0 Å². The first-order valence-corrected chi connectivity index (χ1v) is 10.4. The third kappa shape index (κ3) is 20.2. The Balaban J connectivity index is 3.21. The van der Waals surface area contributed by atoms with Crippen LogP contribution in [0.4, 0.5) is 0 Å².